The Morgan fingerprint density at radius 3 is 2.47 bits per heavy atom. The monoisotopic (exact) mass is 262 g/mol. The fourth-order valence-electron chi connectivity index (χ4n) is 2.09. The van der Waals surface area contributed by atoms with E-state index in [-0.39, 0.29) is 0 Å². The summed E-state index contributed by atoms with van der Waals surface area (Å²) in [6.45, 7) is 6.93. The van der Waals surface area contributed by atoms with E-state index in [1.807, 2.05) is 25.0 Å². The lowest BCUT2D eigenvalue weighted by atomic mass is 10.1. The summed E-state index contributed by atoms with van der Waals surface area (Å²) in [4.78, 5) is 0. The zero-order chi connectivity index (χ0) is 14.2. The van der Waals surface area contributed by atoms with Crippen LogP contribution in [0.2, 0.25) is 0 Å². The van der Waals surface area contributed by atoms with E-state index in [1.54, 1.807) is 4.68 Å². The molecule has 0 spiro atoms. The van der Waals surface area contributed by atoms with Crippen LogP contribution < -0.4 is 11.1 Å². The molecule has 6 heteroatoms. The highest BCUT2D eigenvalue weighted by Gasteiger charge is 2.16. The van der Waals surface area contributed by atoms with Gasteiger partial charge in [0, 0.05) is 31.9 Å². The molecule has 3 N–H and O–H groups in total. The molecule has 2 aromatic heterocycles. The minimum atomic E-state index is 0.321. The number of nitrogens with one attached hydrogen (secondary N) is 1. The van der Waals surface area contributed by atoms with Gasteiger partial charge in [-0.15, -0.1) is 0 Å². The van der Waals surface area contributed by atoms with Crippen molar-refractivity contribution in [2.24, 2.45) is 14.1 Å². The molecule has 0 unspecified atom stereocenters. The first-order valence-corrected chi connectivity index (χ1v) is 6.45. The highest BCUT2D eigenvalue weighted by molar-refractivity contribution is 5.65. The number of aromatic nitrogens is 4. The van der Waals surface area contributed by atoms with Crippen LogP contribution in [-0.4, -0.2) is 19.6 Å². The molecule has 0 bridgehead atoms. The number of hydrogen-bond donors (Lipinski definition) is 2. The molecule has 0 aromatic carbocycles. The first-order chi connectivity index (χ1) is 8.91. The maximum Gasteiger partial charge on any atom is 0.148 e. The fourth-order valence-corrected chi connectivity index (χ4v) is 2.09. The van der Waals surface area contributed by atoms with Crippen LogP contribution in [0.3, 0.4) is 0 Å². The predicted molar refractivity (Wildman–Crippen MR) is 77.0 cm³/mol. The van der Waals surface area contributed by atoms with Crippen LogP contribution in [0.15, 0.2) is 6.20 Å². The average Bonchev–Trinajstić information content (AvgIpc) is 2.81. The van der Waals surface area contributed by atoms with Crippen molar-refractivity contribution in [1.82, 2.24) is 19.6 Å². The summed E-state index contributed by atoms with van der Waals surface area (Å²) < 4.78 is 3.67. The topological polar surface area (TPSA) is 73.7 Å². The number of aryl methyl sites for hydroxylation is 2. The summed E-state index contributed by atoms with van der Waals surface area (Å²) in [7, 11) is 3.84. The first kappa shape index (κ1) is 13.5. The lowest BCUT2D eigenvalue weighted by Gasteiger charge is -2.07. The number of nitrogens with zero attached hydrogens (tertiary/aromatic N) is 4. The molecule has 0 saturated heterocycles. The third kappa shape index (κ3) is 2.43. The van der Waals surface area contributed by atoms with Gasteiger partial charge in [0.2, 0.25) is 0 Å². The normalized spacial score (nSPS) is 11.3. The van der Waals surface area contributed by atoms with Gasteiger partial charge in [-0.3, -0.25) is 9.36 Å². The smallest absolute Gasteiger partial charge is 0.148 e. The Balaban J connectivity index is 2.18. The standard InChI is InChI=1S/C13H22N6/c1-8(2)12-11(14)13(19(5)17-12)15-6-10-7-16-18(4)9(10)3/h7-8,15H,6,14H2,1-5H3. The Morgan fingerprint density at radius 2 is 2.00 bits per heavy atom. The Bertz CT molecular complexity index is 578. The zero-order valence-corrected chi connectivity index (χ0v) is 12.2. The second-order valence-corrected chi connectivity index (χ2v) is 5.16. The molecule has 2 rings (SSSR count). The molecule has 0 saturated carbocycles. The van der Waals surface area contributed by atoms with Gasteiger partial charge in [-0.2, -0.15) is 10.2 Å². The molecular formula is C13H22N6. The van der Waals surface area contributed by atoms with Crippen molar-refractivity contribution in [2.45, 2.75) is 33.2 Å². The molecular weight excluding hydrogens is 240 g/mol. The zero-order valence-electron chi connectivity index (χ0n) is 12.2. The number of anilines is 2. The number of rotatable bonds is 4. The number of nitrogen functional groups attached to an aromatic ring is 1. The van der Waals surface area contributed by atoms with E-state index in [2.05, 4.69) is 36.3 Å². The second-order valence-electron chi connectivity index (χ2n) is 5.16. The lowest BCUT2D eigenvalue weighted by molar-refractivity contribution is 0.714. The molecule has 0 aliphatic heterocycles. The van der Waals surface area contributed by atoms with E-state index in [9.17, 15) is 0 Å². The minimum Gasteiger partial charge on any atom is -0.394 e. The summed E-state index contributed by atoms with van der Waals surface area (Å²) in [5.74, 6) is 1.19. The van der Waals surface area contributed by atoms with Gasteiger partial charge in [0.05, 0.1) is 17.6 Å². The summed E-state index contributed by atoms with van der Waals surface area (Å²) in [5.41, 5.74) is 10.1. The summed E-state index contributed by atoms with van der Waals surface area (Å²) >= 11 is 0. The van der Waals surface area contributed by atoms with E-state index < -0.39 is 0 Å². The van der Waals surface area contributed by atoms with Gasteiger partial charge in [-0.1, -0.05) is 13.8 Å². The van der Waals surface area contributed by atoms with Crippen molar-refractivity contribution in [3.63, 3.8) is 0 Å². The van der Waals surface area contributed by atoms with Crippen molar-refractivity contribution in [3.05, 3.63) is 23.1 Å². The second kappa shape index (κ2) is 4.95. The lowest BCUT2D eigenvalue weighted by Crippen LogP contribution is -2.07. The molecule has 19 heavy (non-hydrogen) atoms. The highest BCUT2D eigenvalue weighted by atomic mass is 15.3. The molecule has 0 atom stereocenters. The van der Waals surface area contributed by atoms with Crippen LogP contribution in [-0.2, 0) is 20.6 Å². The molecule has 2 heterocycles. The SMILES string of the molecule is Cc1c(CNc2c(N)c(C(C)C)nn2C)cnn1C. The molecule has 0 amide bonds. The van der Waals surface area contributed by atoms with Gasteiger partial charge in [-0.25, -0.2) is 0 Å². The maximum absolute atomic E-state index is 6.15. The van der Waals surface area contributed by atoms with E-state index in [4.69, 9.17) is 5.73 Å². The van der Waals surface area contributed by atoms with Gasteiger partial charge >= 0.3 is 0 Å². The number of nitrogens with two attached hydrogens (primary N) is 1. The average molecular weight is 262 g/mol. The van der Waals surface area contributed by atoms with Crippen LogP contribution in [0.25, 0.3) is 0 Å². The van der Waals surface area contributed by atoms with Crippen LogP contribution in [0.1, 0.15) is 36.7 Å². The Hall–Kier alpha value is -1.98. The van der Waals surface area contributed by atoms with Crippen LogP contribution in [0.5, 0.6) is 0 Å². The Kier molecular flexibility index (Phi) is 3.50. The molecule has 0 aliphatic carbocycles. The number of hydrogen-bond acceptors (Lipinski definition) is 4. The van der Waals surface area contributed by atoms with E-state index >= 15 is 0 Å². The third-order valence-electron chi connectivity index (χ3n) is 3.44. The van der Waals surface area contributed by atoms with Gasteiger partial charge in [-0.05, 0) is 12.8 Å². The van der Waals surface area contributed by atoms with Crippen molar-refractivity contribution >= 4 is 11.5 Å². The van der Waals surface area contributed by atoms with Crippen molar-refractivity contribution in [3.8, 4) is 0 Å². The van der Waals surface area contributed by atoms with E-state index in [0.717, 1.165) is 28.5 Å². The molecule has 2 aromatic rings. The third-order valence-corrected chi connectivity index (χ3v) is 3.44. The largest absolute Gasteiger partial charge is 0.394 e. The fraction of sp³-hybridized carbons (Fsp3) is 0.538. The van der Waals surface area contributed by atoms with Gasteiger partial charge in [0.15, 0.2) is 0 Å². The summed E-state index contributed by atoms with van der Waals surface area (Å²) in [6, 6.07) is 0. The molecule has 0 aliphatic rings. The quantitative estimate of drug-likeness (QED) is 0.881. The van der Waals surface area contributed by atoms with Gasteiger partial charge < -0.3 is 11.1 Å². The predicted octanol–water partition coefficient (Wildman–Crippen LogP) is 1.78. The summed E-state index contributed by atoms with van der Waals surface area (Å²) in [6.07, 6.45) is 1.87. The minimum absolute atomic E-state index is 0.321. The molecule has 0 fully saturated rings. The Morgan fingerprint density at radius 1 is 1.32 bits per heavy atom. The van der Waals surface area contributed by atoms with Crippen LogP contribution in [0, 0.1) is 6.92 Å². The first-order valence-electron chi connectivity index (χ1n) is 6.45. The van der Waals surface area contributed by atoms with Crippen molar-refractivity contribution in [2.75, 3.05) is 11.1 Å². The van der Waals surface area contributed by atoms with E-state index in [1.165, 1.54) is 0 Å². The van der Waals surface area contributed by atoms with Gasteiger partial charge in [0.1, 0.15) is 5.82 Å². The van der Waals surface area contributed by atoms with Crippen molar-refractivity contribution < 1.29 is 0 Å². The molecule has 0 radical (unpaired) electrons. The van der Waals surface area contributed by atoms with Crippen LogP contribution >= 0.6 is 0 Å². The van der Waals surface area contributed by atoms with Crippen molar-refractivity contribution in [1.29, 1.82) is 0 Å². The highest BCUT2D eigenvalue weighted by Crippen LogP contribution is 2.28. The Labute approximate surface area is 113 Å². The molecule has 6 nitrogen and oxygen atoms in total. The van der Waals surface area contributed by atoms with Gasteiger partial charge in [0.25, 0.3) is 0 Å². The van der Waals surface area contributed by atoms with Crippen LogP contribution in [0.4, 0.5) is 11.5 Å². The summed E-state index contributed by atoms with van der Waals surface area (Å²) in [5, 5.41) is 12.0. The molecule has 104 valence electrons. The van der Waals surface area contributed by atoms with E-state index in [0.29, 0.717) is 12.5 Å². The maximum atomic E-state index is 6.15.